The van der Waals surface area contributed by atoms with Crippen LogP contribution < -0.4 is 9.97 Å². The molecule has 0 amide bonds. The van der Waals surface area contributed by atoms with E-state index in [0.29, 0.717) is 0 Å². The van der Waals surface area contributed by atoms with Crippen molar-refractivity contribution in [2.75, 3.05) is 0 Å². The summed E-state index contributed by atoms with van der Waals surface area (Å²) in [4.78, 5) is 21.2. The normalized spacial score (nSPS) is 11.8. The summed E-state index contributed by atoms with van der Waals surface area (Å²) in [5.41, 5.74) is 15.0. The third-order valence-electron chi connectivity index (χ3n) is 8.86. The van der Waals surface area contributed by atoms with Crippen LogP contribution in [0.15, 0.2) is 146 Å². The van der Waals surface area contributed by atoms with Gasteiger partial charge in [-0.25, -0.2) is 9.97 Å². The minimum Gasteiger partial charge on any atom is -0.657 e. The predicted molar refractivity (Wildman–Crippen MR) is 199 cm³/mol. The molecule has 7 aromatic rings. The van der Waals surface area contributed by atoms with E-state index in [1.54, 1.807) is 0 Å². The summed E-state index contributed by atoms with van der Waals surface area (Å²) < 4.78 is 0. The summed E-state index contributed by atoms with van der Waals surface area (Å²) in [6, 6.07) is 50.0. The smallest absolute Gasteiger partial charge is 0.0704 e. The number of fused-ring (bicyclic) bond motifs is 8. The Morgan fingerprint density at radius 1 is 0.286 bits per heavy atom. The van der Waals surface area contributed by atoms with Gasteiger partial charge in [0.1, 0.15) is 0 Å². The number of aromatic nitrogens is 4. The monoisotopic (exact) mass is 805 g/mol. The minimum absolute atomic E-state index is 0. The molecule has 2 aliphatic heterocycles. The zero-order valence-electron chi connectivity index (χ0n) is 26.3. The van der Waals surface area contributed by atoms with E-state index in [0.717, 1.165) is 89.4 Å². The molecule has 0 spiro atoms. The molecule has 0 saturated heterocycles. The van der Waals surface area contributed by atoms with Crippen molar-refractivity contribution in [1.29, 1.82) is 0 Å². The van der Waals surface area contributed by atoms with Gasteiger partial charge in [0, 0.05) is 20.1 Å². The molecule has 0 unspecified atom stereocenters. The van der Waals surface area contributed by atoms with Crippen molar-refractivity contribution in [2.24, 2.45) is 0 Å². The molecular formula is C44H28IrN4-2. The zero-order chi connectivity index (χ0) is 31.9. The van der Waals surface area contributed by atoms with E-state index in [2.05, 4.69) is 146 Å². The van der Waals surface area contributed by atoms with Crippen molar-refractivity contribution >= 4 is 46.4 Å². The van der Waals surface area contributed by atoms with Gasteiger partial charge in [-0.3, -0.25) is 0 Å². The first kappa shape index (κ1) is 30.5. The van der Waals surface area contributed by atoms with Gasteiger partial charge in [0.15, 0.2) is 0 Å². The molecule has 0 saturated carbocycles. The first-order valence-corrected chi connectivity index (χ1v) is 16.1. The maximum absolute atomic E-state index is 5.31. The summed E-state index contributed by atoms with van der Waals surface area (Å²) >= 11 is 0. The van der Waals surface area contributed by atoms with Crippen LogP contribution in [0.25, 0.3) is 90.9 Å². The molecule has 235 valence electrons. The maximum Gasteiger partial charge on any atom is 0.0704 e. The fourth-order valence-corrected chi connectivity index (χ4v) is 6.69. The van der Waals surface area contributed by atoms with Gasteiger partial charge in [-0.05, 0) is 68.8 Å². The second kappa shape index (κ2) is 13.0. The van der Waals surface area contributed by atoms with Crippen molar-refractivity contribution in [3.05, 3.63) is 168 Å². The Labute approximate surface area is 298 Å². The molecule has 5 heterocycles. The standard InChI is InChI=1S/C44H28N4.Ir/c1-5-13-29(14-6-1)41-33-21-23-35(45-33)42(30-15-7-2-8-16-30)37-25-27-39(47-37)44(32-19-11-4-12-20-32)40-28-26-38(48-40)43(31-17-9-3-10-18-31)36-24-22-34(41)46-36;/h1-28H;/q-2;. The molecule has 0 aliphatic carbocycles. The molecule has 0 N–H and O–H groups in total. The van der Waals surface area contributed by atoms with E-state index >= 15 is 0 Å². The van der Waals surface area contributed by atoms with Crippen molar-refractivity contribution in [3.8, 4) is 44.5 Å². The van der Waals surface area contributed by atoms with Crippen LogP contribution in [0.5, 0.6) is 0 Å². The molecule has 4 aromatic carbocycles. The van der Waals surface area contributed by atoms with E-state index < -0.39 is 0 Å². The Balaban J connectivity index is 0.00000348. The molecule has 49 heavy (non-hydrogen) atoms. The van der Waals surface area contributed by atoms with Crippen LogP contribution in [0.3, 0.4) is 0 Å². The van der Waals surface area contributed by atoms with E-state index in [9.17, 15) is 0 Å². The minimum atomic E-state index is 0. The predicted octanol–water partition coefficient (Wildman–Crippen LogP) is 10.6. The number of rotatable bonds is 4. The number of benzene rings is 4. The molecule has 2 aliphatic rings. The quantitative estimate of drug-likeness (QED) is 0.178. The van der Waals surface area contributed by atoms with Gasteiger partial charge in [-0.1, -0.05) is 146 Å². The summed E-state index contributed by atoms with van der Waals surface area (Å²) in [7, 11) is 0. The van der Waals surface area contributed by atoms with Crippen LogP contribution >= 0.6 is 0 Å². The van der Waals surface area contributed by atoms with Crippen LogP contribution in [0, 0.1) is 0 Å². The van der Waals surface area contributed by atoms with Gasteiger partial charge in [0.05, 0.1) is 22.8 Å². The Hall–Kier alpha value is -5.87. The average molecular weight is 805 g/mol. The van der Waals surface area contributed by atoms with Gasteiger partial charge in [0.25, 0.3) is 0 Å². The van der Waals surface area contributed by atoms with Crippen LogP contribution in [0.2, 0.25) is 0 Å². The fourth-order valence-electron chi connectivity index (χ4n) is 6.69. The largest absolute Gasteiger partial charge is 0.657 e. The Morgan fingerprint density at radius 3 is 0.735 bits per heavy atom. The van der Waals surface area contributed by atoms with Gasteiger partial charge < -0.3 is 9.97 Å². The number of nitrogens with zero attached hydrogens (tertiary/aromatic N) is 4. The SMILES string of the molecule is C1=Cc2nc1c(-c1ccccc1)c1ccc([n-]1)c(-c1ccccc1)c1nc(c(-c3ccccc3)c3ccc([n-]3)c2-c2ccccc2)C=C1.[Ir]. The first-order chi connectivity index (χ1) is 23.8. The van der Waals surface area contributed by atoms with Crippen molar-refractivity contribution in [3.63, 3.8) is 0 Å². The van der Waals surface area contributed by atoms with Crippen molar-refractivity contribution in [1.82, 2.24) is 19.9 Å². The second-order valence-electron chi connectivity index (χ2n) is 11.8. The maximum atomic E-state index is 5.31. The topological polar surface area (TPSA) is 54.0 Å². The second-order valence-corrected chi connectivity index (χ2v) is 11.8. The van der Waals surface area contributed by atoms with E-state index in [4.69, 9.17) is 19.9 Å². The van der Waals surface area contributed by atoms with Crippen LogP contribution in [0.4, 0.5) is 0 Å². The third kappa shape index (κ3) is 5.59. The first-order valence-electron chi connectivity index (χ1n) is 16.1. The van der Waals surface area contributed by atoms with Crippen LogP contribution in [-0.4, -0.2) is 9.97 Å². The van der Waals surface area contributed by atoms with Gasteiger partial charge in [-0.15, -0.1) is 22.1 Å². The zero-order valence-corrected chi connectivity index (χ0v) is 28.7. The molecule has 1 radical (unpaired) electrons. The molecule has 9 rings (SSSR count). The van der Waals surface area contributed by atoms with Crippen molar-refractivity contribution < 1.29 is 20.1 Å². The fraction of sp³-hybridized carbons (Fsp3) is 0. The number of hydrogen-bond donors (Lipinski definition) is 0. The Morgan fingerprint density at radius 2 is 0.510 bits per heavy atom. The van der Waals surface area contributed by atoms with E-state index in [1.165, 1.54) is 0 Å². The Kier molecular flexibility index (Phi) is 8.06. The summed E-state index contributed by atoms with van der Waals surface area (Å²) in [5.74, 6) is 0. The van der Waals surface area contributed by atoms with Gasteiger partial charge in [0.2, 0.25) is 0 Å². The van der Waals surface area contributed by atoms with Crippen molar-refractivity contribution in [2.45, 2.75) is 0 Å². The molecule has 5 heteroatoms. The molecule has 8 bridgehead atoms. The van der Waals surface area contributed by atoms with E-state index in [-0.39, 0.29) is 20.1 Å². The molecule has 0 atom stereocenters. The van der Waals surface area contributed by atoms with Gasteiger partial charge >= 0.3 is 0 Å². The average Bonchev–Trinajstić information content (AvgIpc) is 3.98. The molecule has 3 aromatic heterocycles. The summed E-state index contributed by atoms with van der Waals surface area (Å²) in [6.07, 6.45) is 8.41. The van der Waals surface area contributed by atoms with Crippen LogP contribution in [-0.2, 0) is 20.1 Å². The molecule has 0 fully saturated rings. The van der Waals surface area contributed by atoms with Crippen LogP contribution in [0.1, 0.15) is 22.8 Å². The molecule has 4 nitrogen and oxygen atoms in total. The summed E-state index contributed by atoms with van der Waals surface area (Å²) in [5, 5.41) is 0. The number of hydrogen-bond acceptors (Lipinski definition) is 2. The van der Waals surface area contributed by atoms with Gasteiger partial charge in [-0.2, -0.15) is 0 Å². The van der Waals surface area contributed by atoms with E-state index in [1.807, 2.05) is 24.3 Å². The third-order valence-corrected chi connectivity index (χ3v) is 8.86. The molecular weight excluding hydrogens is 777 g/mol. The Bertz CT molecular complexity index is 2180. The summed E-state index contributed by atoms with van der Waals surface area (Å²) in [6.45, 7) is 0.